The van der Waals surface area contributed by atoms with Crippen molar-refractivity contribution < 1.29 is 19.4 Å². The van der Waals surface area contributed by atoms with Gasteiger partial charge in [0.2, 0.25) is 5.78 Å². The molecule has 134 valence electrons. The first-order valence-corrected chi connectivity index (χ1v) is 8.91. The van der Waals surface area contributed by atoms with Crippen molar-refractivity contribution in [2.75, 3.05) is 7.11 Å². The van der Waals surface area contributed by atoms with E-state index in [-0.39, 0.29) is 11.3 Å². The van der Waals surface area contributed by atoms with E-state index in [1.54, 1.807) is 7.11 Å². The minimum Gasteiger partial charge on any atom is -0.509 e. The fourth-order valence-corrected chi connectivity index (χ4v) is 4.27. The van der Waals surface area contributed by atoms with Crippen molar-refractivity contribution in [3.8, 4) is 16.9 Å². The highest BCUT2D eigenvalue weighted by molar-refractivity contribution is 6.21. The van der Waals surface area contributed by atoms with Crippen molar-refractivity contribution in [3.63, 3.8) is 0 Å². The van der Waals surface area contributed by atoms with Crippen LogP contribution in [0.5, 0.6) is 5.75 Å². The highest BCUT2D eigenvalue weighted by Crippen LogP contribution is 2.46. The number of carbonyl (C=O) groups is 2. The lowest BCUT2D eigenvalue weighted by Crippen LogP contribution is -2.43. The summed E-state index contributed by atoms with van der Waals surface area (Å²) in [5, 5.41) is 10.8. The normalized spacial score (nSPS) is 18.7. The molecular weight excluding hydrogens is 330 g/mol. The van der Waals surface area contributed by atoms with E-state index in [2.05, 4.69) is 0 Å². The topological polar surface area (TPSA) is 68.5 Å². The number of aromatic nitrogens is 1. The molecule has 0 saturated heterocycles. The van der Waals surface area contributed by atoms with Gasteiger partial charge >= 0.3 is 0 Å². The smallest absolute Gasteiger partial charge is 0.216 e. The lowest BCUT2D eigenvalue weighted by molar-refractivity contribution is -0.105. The van der Waals surface area contributed by atoms with Gasteiger partial charge in [0.1, 0.15) is 22.6 Å². The van der Waals surface area contributed by atoms with E-state index < -0.39 is 11.3 Å². The third-order valence-electron chi connectivity index (χ3n) is 5.68. The average Bonchev–Trinajstić information content (AvgIpc) is 3.14. The molecule has 1 aliphatic heterocycles. The monoisotopic (exact) mass is 351 g/mol. The first kappa shape index (κ1) is 16.6. The molecule has 5 heteroatoms. The molecule has 26 heavy (non-hydrogen) atoms. The molecule has 2 aromatic rings. The van der Waals surface area contributed by atoms with Crippen molar-refractivity contribution in [1.29, 1.82) is 0 Å². The molecule has 2 heterocycles. The van der Waals surface area contributed by atoms with Crippen LogP contribution in [0.3, 0.4) is 0 Å². The molecule has 1 N–H and O–H groups in total. The Balaban J connectivity index is 1.86. The number of nitrogens with zero attached hydrogens (tertiary/aromatic N) is 1. The molecule has 0 unspecified atom stereocenters. The molecule has 1 aromatic carbocycles. The second kappa shape index (κ2) is 6.16. The van der Waals surface area contributed by atoms with Crippen LogP contribution in [0.2, 0.25) is 0 Å². The summed E-state index contributed by atoms with van der Waals surface area (Å²) in [6, 6.07) is 9.43. The second-order valence-electron chi connectivity index (χ2n) is 7.01. The first-order chi connectivity index (χ1) is 12.6. The number of methoxy groups -OCH3 is 1. The van der Waals surface area contributed by atoms with Crippen LogP contribution in [0.25, 0.3) is 11.1 Å². The Morgan fingerprint density at radius 3 is 2.42 bits per heavy atom. The zero-order chi connectivity index (χ0) is 18.3. The summed E-state index contributed by atoms with van der Waals surface area (Å²) in [7, 11) is 1.62. The Labute approximate surface area is 151 Å². The fraction of sp³-hybridized carbons (Fsp3) is 0.333. The quantitative estimate of drug-likeness (QED) is 0.670. The number of hydrogen-bond donors (Lipinski definition) is 1. The largest absolute Gasteiger partial charge is 0.509 e. The molecule has 0 amide bonds. The second-order valence-corrected chi connectivity index (χ2v) is 7.01. The Kier molecular flexibility index (Phi) is 3.94. The van der Waals surface area contributed by atoms with Crippen molar-refractivity contribution in [3.05, 3.63) is 53.6 Å². The molecular formula is C21H21NO4. The number of carbonyl (C=O) groups excluding carboxylic acids is 2. The van der Waals surface area contributed by atoms with Crippen molar-refractivity contribution in [1.82, 2.24) is 4.57 Å². The van der Waals surface area contributed by atoms with Gasteiger partial charge < -0.3 is 14.4 Å². The van der Waals surface area contributed by atoms with Gasteiger partial charge in [-0.1, -0.05) is 31.4 Å². The minimum absolute atomic E-state index is 0.0680. The maximum absolute atomic E-state index is 12.7. The number of ketones is 1. The van der Waals surface area contributed by atoms with Crippen LogP contribution < -0.4 is 4.74 Å². The van der Waals surface area contributed by atoms with E-state index in [4.69, 9.17) is 4.74 Å². The van der Waals surface area contributed by atoms with E-state index in [0.29, 0.717) is 12.0 Å². The van der Waals surface area contributed by atoms with Crippen molar-refractivity contribution in [2.24, 2.45) is 0 Å². The lowest BCUT2D eigenvalue weighted by atomic mass is 9.76. The first-order valence-electron chi connectivity index (χ1n) is 8.91. The summed E-state index contributed by atoms with van der Waals surface area (Å²) >= 11 is 0. The van der Waals surface area contributed by atoms with Gasteiger partial charge in [0, 0.05) is 11.8 Å². The van der Waals surface area contributed by atoms with E-state index in [1.165, 1.54) is 0 Å². The third kappa shape index (κ3) is 2.30. The Hall–Kier alpha value is -2.82. The number of aliphatic hydroxyl groups excluding tert-OH is 1. The number of hydrogen-bond acceptors (Lipinski definition) is 4. The SMILES string of the molecule is COc1ccc(-c2cc3n(c2)C2(CCCCC2)C(O)=C(C=O)C3=O)cc1. The van der Waals surface area contributed by atoms with Gasteiger partial charge in [-0.15, -0.1) is 0 Å². The molecule has 4 rings (SSSR count). The molecule has 1 spiro atoms. The van der Waals surface area contributed by atoms with Gasteiger partial charge in [-0.05, 0) is 36.6 Å². The zero-order valence-corrected chi connectivity index (χ0v) is 14.7. The highest BCUT2D eigenvalue weighted by Gasteiger charge is 2.46. The van der Waals surface area contributed by atoms with Crippen LogP contribution in [0.1, 0.15) is 42.6 Å². The van der Waals surface area contributed by atoms with E-state index in [9.17, 15) is 14.7 Å². The number of aldehydes is 1. The highest BCUT2D eigenvalue weighted by atomic mass is 16.5. The number of allylic oxidation sites excluding steroid dienone is 2. The van der Waals surface area contributed by atoms with E-state index in [1.807, 2.05) is 41.1 Å². The summed E-state index contributed by atoms with van der Waals surface area (Å²) in [4.78, 5) is 24.2. The van der Waals surface area contributed by atoms with Gasteiger partial charge in [0.05, 0.1) is 12.8 Å². The third-order valence-corrected chi connectivity index (χ3v) is 5.68. The molecule has 1 aliphatic carbocycles. The summed E-state index contributed by atoms with van der Waals surface area (Å²) in [6.07, 6.45) is 6.90. The van der Waals surface area contributed by atoms with Crippen LogP contribution in [0.4, 0.5) is 0 Å². The number of ether oxygens (including phenoxy) is 1. The Morgan fingerprint density at radius 1 is 1.12 bits per heavy atom. The fourth-order valence-electron chi connectivity index (χ4n) is 4.27. The van der Waals surface area contributed by atoms with Gasteiger partial charge in [-0.2, -0.15) is 0 Å². The van der Waals surface area contributed by atoms with Crippen molar-refractivity contribution in [2.45, 2.75) is 37.6 Å². The molecule has 0 bridgehead atoms. The number of benzene rings is 1. The summed E-state index contributed by atoms with van der Waals surface area (Å²) in [6.45, 7) is 0. The number of Topliss-reactive ketones (excluding diaryl/α,β-unsaturated/α-hetero) is 1. The number of fused-ring (bicyclic) bond motifs is 2. The summed E-state index contributed by atoms with van der Waals surface area (Å²) in [5.41, 5.74) is 1.54. The van der Waals surface area contributed by atoms with Crippen LogP contribution in [-0.2, 0) is 10.3 Å². The predicted molar refractivity (Wildman–Crippen MR) is 97.5 cm³/mol. The van der Waals surface area contributed by atoms with Crippen LogP contribution in [0.15, 0.2) is 47.9 Å². The van der Waals surface area contributed by atoms with E-state index in [0.717, 1.165) is 49.0 Å². The molecule has 0 radical (unpaired) electrons. The van der Waals surface area contributed by atoms with Crippen molar-refractivity contribution >= 4 is 12.1 Å². The molecule has 1 saturated carbocycles. The summed E-state index contributed by atoms with van der Waals surface area (Å²) in [5.74, 6) is 0.287. The Morgan fingerprint density at radius 2 is 1.81 bits per heavy atom. The standard InChI is InChI=1S/C21H21NO4/c1-26-16-7-5-14(6-8-16)15-11-18-19(24)17(13-23)20(25)21(22(18)12-15)9-3-2-4-10-21/h5-8,11-13,25H,2-4,9-10H2,1H3. The lowest BCUT2D eigenvalue weighted by Gasteiger charge is -2.42. The van der Waals surface area contributed by atoms with Gasteiger partial charge in [-0.3, -0.25) is 9.59 Å². The Bertz CT molecular complexity index is 899. The van der Waals surface area contributed by atoms with Crippen LogP contribution >= 0.6 is 0 Å². The molecule has 0 atom stereocenters. The predicted octanol–water partition coefficient (Wildman–Crippen LogP) is 4.03. The van der Waals surface area contributed by atoms with E-state index >= 15 is 0 Å². The maximum atomic E-state index is 12.7. The molecule has 2 aliphatic rings. The van der Waals surface area contributed by atoms with Crippen LogP contribution in [0, 0.1) is 0 Å². The minimum atomic E-state index is -0.678. The number of aliphatic hydroxyl groups is 1. The van der Waals surface area contributed by atoms with Crippen LogP contribution in [-0.4, -0.2) is 28.9 Å². The van der Waals surface area contributed by atoms with Gasteiger partial charge in [0.15, 0.2) is 6.29 Å². The zero-order valence-electron chi connectivity index (χ0n) is 14.7. The summed E-state index contributed by atoms with van der Waals surface area (Å²) < 4.78 is 7.10. The maximum Gasteiger partial charge on any atom is 0.216 e. The van der Waals surface area contributed by atoms with Gasteiger partial charge in [-0.25, -0.2) is 0 Å². The number of rotatable bonds is 3. The molecule has 5 nitrogen and oxygen atoms in total. The average molecular weight is 351 g/mol. The van der Waals surface area contributed by atoms with Gasteiger partial charge in [0.25, 0.3) is 0 Å². The molecule has 1 aromatic heterocycles. The molecule has 1 fully saturated rings.